The van der Waals surface area contributed by atoms with Crippen molar-refractivity contribution in [1.29, 1.82) is 5.26 Å². The number of carbonyl (C=O) groups is 1. The van der Waals surface area contributed by atoms with E-state index >= 15 is 0 Å². The van der Waals surface area contributed by atoms with Gasteiger partial charge in [0.05, 0.1) is 5.69 Å². The number of nitrogens with two attached hydrogens (primary N) is 1. The maximum Gasteiger partial charge on any atom is 0.267 e. The second-order valence-electron chi connectivity index (χ2n) is 4.41. The fraction of sp³-hybridized carbons (Fsp3) is 0. The zero-order chi connectivity index (χ0) is 15.9. The van der Waals surface area contributed by atoms with Crippen LogP contribution >= 0.6 is 0 Å². The van der Waals surface area contributed by atoms with Gasteiger partial charge in [0.25, 0.3) is 5.91 Å². The van der Waals surface area contributed by atoms with Crippen LogP contribution in [0.25, 0.3) is 0 Å². The first-order valence-corrected chi connectivity index (χ1v) is 6.42. The van der Waals surface area contributed by atoms with Crippen LogP contribution in [0.15, 0.2) is 60.3 Å². The molecule has 0 radical (unpaired) electrons. The quantitative estimate of drug-likeness (QED) is 0.299. The van der Waals surface area contributed by atoms with Gasteiger partial charge in [-0.2, -0.15) is 5.26 Å². The number of hydrogen-bond acceptors (Lipinski definition) is 5. The molecule has 5 N–H and O–H groups in total. The molecule has 0 saturated heterocycles. The lowest BCUT2D eigenvalue weighted by molar-refractivity contribution is -0.112. The Hall–Kier alpha value is -3.46. The Bertz CT molecular complexity index is 745. The van der Waals surface area contributed by atoms with Crippen molar-refractivity contribution in [2.75, 3.05) is 16.4 Å². The number of carbonyl (C=O) groups excluding carboxylic acids is 1. The summed E-state index contributed by atoms with van der Waals surface area (Å²) in [5.74, 6) is -0.688. The Morgan fingerprint density at radius 2 is 1.86 bits per heavy atom. The Labute approximate surface area is 127 Å². The van der Waals surface area contributed by atoms with Crippen LogP contribution in [0.1, 0.15) is 0 Å². The number of hydrogen-bond donors (Lipinski definition) is 4. The number of aromatic hydroxyl groups is 1. The van der Waals surface area contributed by atoms with Gasteiger partial charge >= 0.3 is 0 Å². The number of nitrogens with one attached hydrogen (secondary N) is 2. The average molecular weight is 294 g/mol. The minimum atomic E-state index is -0.619. The summed E-state index contributed by atoms with van der Waals surface area (Å²) in [6.07, 6.45) is 1.29. The van der Waals surface area contributed by atoms with E-state index in [-0.39, 0.29) is 17.0 Å². The molecule has 0 aliphatic carbocycles. The molecule has 0 unspecified atom stereocenters. The molecule has 0 heterocycles. The summed E-state index contributed by atoms with van der Waals surface area (Å²) >= 11 is 0. The third-order valence-corrected chi connectivity index (χ3v) is 2.81. The zero-order valence-corrected chi connectivity index (χ0v) is 11.6. The molecule has 0 aliphatic rings. The summed E-state index contributed by atoms with van der Waals surface area (Å²) in [5, 5.41) is 24.0. The molecule has 0 spiro atoms. The topological polar surface area (TPSA) is 111 Å². The summed E-state index contributed by atoms with van der Waals surface area (Å²) in [6.45, 7) is 0. The van der Waals surface area contributed by atoms with Gasteiger partial charge in [-0.1, -0.05) is 12.1 Å². The highest BCUT2D eigenvalue weighted by Gasteiger charge is 2.11. The smallest absolute Gasteiger partial charge is 0.267 e. The van der Waals surface area contributed by atoms with Crippen molar-refractivity contribution in [3.63, 3.8) is 0 Å². The van der Waals surface area contributed by atoms with Crippen molar-refractivity contribution in [1.82, 2.24) is 0 Å². The number of benzene rings is 2. The molecule has 2 aromatic rings. The molecule has 0 atom stereocenters. The van der Waals surface area contributed by atoms with E-state index in [1.54, 1.807) is 42.5 Å². The van der Waals surface area contributed by atoms with Crippen molar-refractivity contribution in [3.05, 3.63) is 60.3 Å². The van der Waals surface area contributed by atoms with Gasteiger partial charge in [-0.3, -0.25) is 4.79 Å². The van der Waals surface area contributed by atoms with E-state index in [1.807, 2.05) is 0 Å². The van der Waals surface area contributed by atoms with Crippen LogP contribution in [0.4, 0.5) is 17.1 Å². The lowest BCUT2D eigenvalue weighted by Crippen LogP contribution is -2.14. The van der Waals surface area contributed by atoms with Crippen LogP contribution in [0.3, 0.4) is 0 Å². The van der Waals surface area contributed by atoms with Gasteiger partial charge in [0.2, 0.25) is 0 Å². The van der Waals surface area contributed by atoms with Crippen molar-refractivity contribution in [3.8, 4) is 11.8 Å². The van der Waals surface area contributed by atoms with E-state index < -0.39 is 5.91 Å². The molecule has 0 fully saturated rings. The average Bonchev–Trinajstić information content (AvgIpc) is 2.52. The fourth-order valence-corrected chi connectivity index (χ4v) is 1.65. The Kier molecular flexibility index (Phi) is 4.63. The first kappa shape index (κ1) is 14.9. The first-order valence-electron chi connectivity index (χ1n) is 6.42. The standard InChI is InChI=1S/C16H14N4O2/c17-9-11(10-19-13-7-5-12(18)6-8-13)16(22)20-14-3-1-2-4-15(14)21/h1-8,10,19,21H,18H2,(H,20,22)/b11-10-. The summed E-state index contributed by atoms with van der Waals surface area (Å²) in [4.78, 5) is 12.0. The van der Waals surface area contributed by atoms with Crippen molar-refractivity contribution < 1.29 is 9.90 Å². The number of para-hydroxylation sites is 2. The number of amides is 1. The molecular formula is C16H14N4O2. The molecule has 110 valence electrons. The van der Waals surface area contributed by atoms with E-state index in [9.17, 15) is 9.90 Å². The van der Waals surface area contributed by atoms with E-state index in [0.29, 0.717) is 11.4 Å². The molecule has 0 saturated carbocycles. The minimum absolute atomic E-state index is 0.0698. The maximum atomic E-state index is 12.0. The van der Waals surface area contributed by atoms with Crippen molar-refractivity contribution >= 4 is 23.0 Å². The van der Waals surface area contributed by atoms with Gasteiger partial charge in [-0.05, 0) is 36.4 Å². The number of phenolic OH excluding ortho intramolecular Hbond substituents is 1. The Balaban J connectivity index is 2.09. The zero-order valence-electron chi connectivity index (χ0n) is 11.6. The van der Waals surface area contributed by atoms with E-state index in [1.165, 1.54) is 18.3 Å². The Morgan fingerprint density at radius 3 is 2.50 bits per heavy atom. The number of nitriles is 1. The number of anilines is 3. The van der Waals surface area contributed by atoms with Crippen LogP contribution in [-0.4, -0.2) is 11.0 Å². The maximum absolute atomic E-state index is 12.0. The highest BCUT2D eigenvalue weighted by Crippen LogP contribution is 2.22. The summed E-state index contributed by atoms with van der Waals surface area (Å²) in [6, 6.07) is 14.9. The molecule has 2 aromatic carbocycles. The van der Waals surface area contributed by atoms with E-state index in [2.05, 4.69) is 10.6 Å². The molecule has 2 rings (SSSR count). The van der Waals surface area contributed by atoms with Crippen LogP contribution in [0.2, 0.25) is 0 Å². The van der Waals surface area contributed by atoms with Crippen molar-refractivity contribution in [2.24, 2.45) is 0 Å². The SMILES string of the molecule is N#C/C(=C/Nc1ccc(N)cc1)C(=O)Nc1ccccc1O. The van der Waals surface area contributed by atoms with Gasteiger partial charge in [0, 0.05) is 17.6 Å². The minimum Gasteiger partial charge on any atom is -0.506 e. The van der Waals surface area contributed by atoms with Crippen LogP contribution in [0.5, 0.6) is 5.75 Å². The third-order valence-electron chi connectivity index (χ3n) is 2.81. The highest BCUT2D eigenvalue weighted by molar-refractivity contribution is 6.07. The van der Waals surface area contributed by atoms with Gasteiger partial charge < -0.3 is 21.5 Å². The van der Waals surface area contributed by atoms with Gasteiger partial charge in [-0.25, -0.2) is 0 Å². The molecule has 22 heavy (non-hydrogen) atoms. The predicted molar refractivity (Wildman–Crippen MR) is 84.9 cm³/mol. The molecule has 0 aliphatic heterocycles. The van der Waals surface area contributed by atoms with Crippen LogP contribution < -0.4 is 16.4 Å². The van der Waals surface area contributed by atoms with Gasteiger partial charge in [0.15, 0.2) is 0 Å². The summed E-state index contributed by atoms with van der Waals surface area (Å²) in [5.41, 5.74) is 7.00. The lowest BCUT2D eigenvalue weighted by Gasteiger charge is -2.06. The second kappa shape index (κ2) is 6.81. The fourth-order valence-electron chi connectivity index (χ4n) is 1.65. The predicted octanol–water partition coefficient (Wildman–Crippen LogP) is 2.43. The van der Waals surface area contributed by atoms with Crippen LogP contribution in [-0.2, 0) is 4.79 Å². The van der Waals surface area contributed by atoms with Crippen molar-refractivity contribution in [2.45, 2.75) is 0 Å². The monoisotopic (exact) mass is 294 g/mol. The number of phenols is 1. The second-order valence-corrected chi connectivity index (χ2v) is 4.41. The summed E-state index contributed by atoms with van der Waals surface area (Å²) in [7, 11) is 0. The Morgan fingerprint density at radius 1 is 1.18 bits per heavy atom. The highest BCUT2D eigenvalue weighted by atomic mass is 16.3. The molecular weight excluding hydrogens is 280 g/mol. The molecule has 0 bridgehead atoms. The van der Waals surface area contributed by atoms with Gasteiger partial charge in [-0.15, -0.1) is 0 Å². The third kappa shape index (κ3) is 3.77. The first-order chi connectivity index (χ1) is 10.6. The molecule has 1 amide bonds. The molecule has 6 nitrogen and oxygen atoms in total. The number of nitrogen functional groups attached to an aromatic ring is 1. The van der Waals surface area contributed by atoms with Crippen LogP contribution in [0, 0.1) is 11.3 Å². The largest absolute Gasteiger partial charge is 0.506 e. The number of nitrogens with zero attached hydrogens (tertiary/aromatic N) is 1. The number of rotatable bonds is 4. The summed E-state index contributed by atoms with van der Waals surface area (Å²) < 4.78 is 0. The van der Waals surface area contributed by atoms with E-state index in [0.717, 1.165) is 0 Å². The normalized spacial score (nSPS) is 10.6. The van der Waals surface area contributed by atoms with Gasteiger partial charge in [0.1, 0.15) is 17.4 Å². The molecule has 0 aromatic heterocycles. The van der Waals surface area contributed by atoms with E-state index in [4.69, 9.17) is 11.0 Å². The molecule has 6 heteroatoms. The lowest BCUT2D eigenvalue weighted by atomic mass is 10.2.